The monoisotopic (exact) mass is 228 g/mol. The van der Waals surface area contributed by atoms with Crippen LogP contribution in [0.5, 0.6) is 0 Å². The van der Waals surface area contributed by atoms with Gasteiger partial charge in [-0.1, -0.05) is 6.92 Å². The molecule has 0 aromatic carbocycles. The molecular formula is C12H20O4. The first kappa shape index (κ1) is 11.9. The second-order valence-electron chi connectivity index (χ2n) is 4.66. The topological polar surface area (TPSA) is 48.1 Å². The molecule has 2 heterocycles. The molecule has 0 radical (unpaired) electrons. The maximum absolute atomic E-state index is 11.9. The van der Waals surface area contributed by atoms with Crippen LogP contribution in [0.2, 0.25) is 0 Å². The van der Waals surface area contributed by atoms with E-state index in [-0.39, 0.29) is 12.1 Å². The predicted octanol–water partition coefficient (Wildman–Crippen LogP) is 1.67. The lowest BCUT2D eigenvalue weighted by atomic mass is 9.85. The third-order valence-electron chi connectivity index (χ3n) is 3.72. The van der Waals surface area contributed by atoms with Crippen LogP contribution >= 0.6 is 0 Å². The summed E-state index contributed by atoms with van der Waals surface area (Å²) in [7, 11) is 0. The first-order chi connectivity index (χ1) is 7.60. The van der Waals surface area contributed by atoms with Gasteiger partial charge < -0.3 is 14.2 Å². The fourth-order valence-electron chi connectivity index (χ4n) is 2.59. The molecule has 0 bridgehead atoms. The minimum absolute atomic E-state index is 0.226. The predicted molar refractivity (Wildman–Crippen MR) is 58.1 cm³/mol. The van der Waals surface area contributed by atoms with E-state index < -0.39 is 11.2 Å². The van der Waals surface area contributed by atoms with E-state index in [2.05, 4.69) is 0 Å². The fraction of sp³-hybridized carbons (Fsp3) is 0.917. The lowest BCUT2D eigenvalue weighted by molar-refractivity contribution is -0.149. The van der Waals surface area contributed by atoms with Gasteiger partial charge in [0.05, 0.1) is 19.3 Å². The van der Waals surface area contributed by atoms with Gasteiger partial charge in [-0.25, -0.2) is 4.79 Å². The van der Waals surface area contributed by atoms with Crippen molar-refractivity contribution in [3.8, 4) is 0 Å². The van der Waals surface area contributed by atoms with Crippen molar-refractivity contribution >= 4 is 5.97 Å². The molecule has 0 aromatic heterocycles. The van der Waals surface area contributed by atoms with Crippen molar-refractivity contribution in [2.45, 2.75) is 57.3 Å². The molecule has 4 heteroatoms. The Morgan fingerprint density at radius 3 is 2.75 bits per heavy atom. The Balaban J connectivity index is 2.07. The van der Waals surface area contributed by atoms with Crippen molar-refractivity contribution in [1.29, 1.82) is 0 Å². The molecule has 0 saturated carbocycles. The summed E-state index contributed by atoms with van der Waals surface area (Å²) in [5.74, 6) is -0.226. The minimum atomic E-state index is -0.733. The van der Waals surface area contributed by atoms with Crippen LogP contribution in [0.4, 0.5) is 0 Å². The normalized spacial score (nSPS) is 42.1. The zero-order valence-corrected chi connectivity index (χ0v) is 10.2. The summed E-state index contributed by atoms with van der Waals surface area (Å²) in [6.45, 7) is 6.74. The van der Waals surface area contributed by atoms with Gasteiger partial charge in [0.15, 0.2) is 5.60 Å². The lowest BCUT2D eigenvalue weighted by Crippen LogP contribution is -2.42. The summed E-state index contributed by atoms with van der Waals surface area (Å²) in [5, 5.41) is 0. The lowest BCUT2D eigenvalue weighted by Gasteiger charge is -2.26. The molecule has 0 amide bonds. The first-order valence-corrected chi connectivity index (χ1v) is 6.09. The number of esters is 1. The summed E-state index contributed by atoms with van der Waals surface area (Å²) >= 11 is 0. The smallest absolute Gasteiger partial charge is 0.341 e. The molecule has 2 fully saturated rings. The van der Waals surface area contributed by atoms with E-state index in [9.17, 15) is 4.79 Å². The van der Waals surface area contributed by atoms with Crippen molar-refractivity contribution < 1.29 is 19.0 Å². The molecule has 0 aliphatic carbocycles. The van der Waals surface area contributed by atoms with E-state index in [1.807, 2.05) is 20.8 Å². The summed E-state index contributed by atoms with van der Waals surface area (Å²) in [4.78, 5) is 11.9. The van der Waals surface area contributed by atoms with Gasteiger partial charge in [0, 0.05) is 0 Å². The quantitative estimate of drug-likeness (QED) is 0.544. The van der Waals surface area contributed by atoms with Gasteiger partial charge in [-0.2, -0.15) is 0 Å². The van der Waals surface area contributed by atoms with E-state index in [0.29, 0.717) is 19.6 Å². The Morgan fingerprint density at radius 2 is 2.25 bits per heavy atom. The van der Waals surface area contributed by atoms with Crippen LogP contribution in [0, 0.1) is 0 Å². The highest BCUT2D eigenvalue weighted by atomic mass is 16.7. The third kappa shape index (κ3) is 1.55. The molecular weight excluding hydrogens is 208 g/mol. The molecule has 1 spiro atoms. The molecule has 16 heavy (non-hydrogen) atoms. The zero-order valence-electron chi connectivity index (χ0n) is 10.2. The van der Waals surface area contributed by atoms with Gasteiger partial charge in [0.2, 0.25) is 0 Å². The number of epoxide rings is 1. The van der Waals surface area contributed by atoms with Crippen molar-refractivity contribution in [3.63, 3.8) is 0 Å². The standard InChI is InChI=1S/C12H20O4/c1-4-12(10(13)14-5-2)11(16-12)7-6-9(3)15-8-11/h9H,4-8H2,1-3H3. The van der Waals surface area contributed by atoms with Gasteiger partial charge in [0.25, 0.3) is 0 Å². The molecule has 92 valence electrons. The average molecular weight is 228 g/mol. The van der Waals surface area contributed by atoms with E-state index in [1.54, 1.807) is 0 Å². The zero-order chi connectivity index (χ0) is 11.8. The van der Waals surface area contributed by atoms with Gasteiger partial charge >= 0.3 is 5.97 Å². The Hall–Kier alpha value is -0.610. The minimum Gasteiger partial charge on any atom is -0.464 e. The van der Waals surface area contributed by atoms with E-state index >= 15 is 0 Å². The van der Waals surface area contributed by atoms with E-state index in [1.165, 1.54) is 0 Å². The number of carbonyl (C=O) groups is 1. The molecule has 3 atom stereocenters. The van der Waals surface area contributed by atoms with Crippen molar-refractivity contribution in [1.82, 2.24) is 0 Å². The number of hydrogen-bond donors (Lipinski definition) is 0. The molecule has 0 aromatic rings. The van der Waals surface area contributed by atoms with Crippen molar-refractivity contribution in [3.05, 3.63) is 0 Å². The summed E-state index contributed by atoms with van der Waals surface area (Å²) in [5.41, 5.74) is -1.14. The number of carbonyl (C=O) groups excluding carboxylic acids is 1. The molecule has 4 nitrogen and oxygen atoms in total. The molecule has 2 rings (SSSR count). The Bertz CT molecular complexity index is 281. The van der Waals surface area contributed by atoms with Gasteiger partial charge in [-0.3, -0.25) is 0 Å². The second-order valence-corrected chi connectivity index (χ2v) is 4.66. The molecule has 3 unspecified atom stereocenters. The molecule has 2 aliphatic heterocycles. The highest BCUT2D eigenvalue weighted by Crippen LogP contribution is 2.56. The van der Waals surface area contributed by atoms with Gasteiger partial charge in [0.1, 0.15) is 5.60 Å². The number of ether oxygens (including phenoxy) is 3. The van der Waals surface area contributed by atoms with Crippen LogP contribution in [0.1, 0.15) is 40.0 Å². The summed E-state index contributed by atoms with van der Waals surface area (Å²) in [6, 6.07) is 0. The van der Waals surface area contributed by atoms with E-state index in [4.69, 9.17) is 14.2 Å². The molecule has 2 aliphatic rings. The van der Waals surface area contributed by atoms with Crippen molar-refractivity contribution in [2.24, 2.45) is 0 Å². The van der Waals surface area contributed by atoms with Crippen LogP contribution in [-0.4, -0.2) is 36.5 Å². The highest BCUT2D eigenvalue weighted by molar-refractivity contribution is 5.85. The molecule has 2 saturated heterocycles. The SMILES string of the molecule is CCOC(=O)C1(CC)OC12CCC(C)OC2. The Labute approximate surface area is 96.2 Å². The van der Waals surface area contributed by atoms with Crippen LogP contribution in [-0.2, 0) is 19.0 Å². The van der Waals surface area contributed by atoms with Crippen LogP contribution in [0.25, 0.3) is 0 Å². The van der Waals surface area contributed by atoms with Gasteiger partial charge in [-0.05, 0) is 33.1 Å². The number of hydrogen-bond acceptors (Lipinski definition) is 4. The van der Waals surface area contributed by atoms with Crippen LogP contribution in [0.15, 0.2) is 0 Å². The Kier molecular flexibility index (Phi) is 2.97. The van der Waals surface area contributed by atoms with Crippen LogP contribution < -0.4 is 0 Å². The second kappa shape index (κ2) is 4.00. The average Bonchev–Trinajstić information content (AvgIpc) is 2.93. The largest absolute Gasteiger partial charge is 0.464 e. The first-order valence-electron chi connectivity index (χ1n) is 6.09. The fourth-order valence-corrected chi connectivity index (χ4v) is 2.59. The maximum Gasteiger partial charge on any atom is 0.341 e. The third-order valence-corrected chi connectivity index (χ3v) is 3.72. The van der Waals surface area contributed by atoms with Gasteiger partial charge in [-0.15, -0.1) is 0 Å². The van der Waals surface area contributed by atoms with E-state index in [0.717, 1.165) is 12.8 Å². The van der Waals surface area contributed by atoms with Crippen molar-refractivity contribution in [2.75, 3.05) is 13.2 Å². The summed E-state index contributed by atoms with van der Waals surface area (Å²) < 4.78 is 16.4. The highest BCUT2D eigenvalue weighted by Gasteiger charge is 2.75. The maximum atomic E-state index is 11.9. The summed E-state index contributed by atoms with van der Waals surface area (Å²) in [6.07, 6.45) is 2.76. The number of rotatable bonds is 3. The Morgan fingerprint density at radius 1 is 1.50 bits per heavy atom. The van der Waals surface area contributed by atoms with Crippen LogP contribution in [0.3, 0.4) is 0 Å². The molecule has 0 N–H and O–H groups in total.